The second-order valence-corrected chi connectivity index (χ2v) is 7.15. The minimum absolute atomic E-state index is 0.0247. The van der Waals surface area contributed by atoms with E-state index in [1.54, 1.807) is 7.11 Å². The van der Waals surface area contributed by atoms with Crippen molar-refractivity contribution in [2.45, 2.75) is 44.4 Å². The molecule has 5 heteroatoms. The lowest BCUT2D eigenvalue weighted by Gasteiger charge is -2.41. The molecule has 0 aliphatic carbocycles. The Morgan fingerprint density at radius 2 is 2.22 bits per heavy atom. The fourth-order valence-electron chi connectivity index (χ4n) is 3.56. The van der Waals surface area contributed by atoms with E-state index in [0.29, 0.717) is 0 Å². The highest BCUT2D eigenvalue weighted by molar-refractivity contribution is 5.95. The molecule has 1 fully saturated rings. The maximum Gasteiger partial charge on any atom is 0.241 e. The molecule has 0 saturated carbocycles. The van der Waals surface area contributed by atoms with Crippen LogP contribution in [0.5, 0.6) is 0 Å². The summed E-state index contributed by atoms with van der Waals surface area (Å²) in [6.07, 6.45) is 1.88. The van der Waals surface area contributed by atoms with Gasteiger partial charge in [0, 0.05) is 31.4 Å². The molecule has 1 amide bonds. The lowest BCUT2D eigenvalue weighted by atomic mass is 9.83. The Bertz CT molecular complexity index is 600. The first-order chi connectivity index (χ1) is 10.9. The molecule has 0 aromatic heterocycles. The third-order valence-corrected chi connectivity index (χ3v) is 5.44. The SMILES string of the molecule is COC1CN[C@@H](C(=O)Nc2ccc3c(c2)CCN(C)C3(C)C)C1. The molecule has 3 rings (SSSR count). The molecule has 0 radical (unpaired) electrons. The molecule has 1 saturated heterocycles. The number of methoxy groups -OCH3 is 1. The summed E-state index contributed by atoms with van der Waals surface area (Å²) in [5.41, 5.74) is 3.61. The van der Waals surface area contributed by atoms with E-state index in [4.69, 9.17) is 4.74 Å². The Kier molecular flexibility index (Phi) is 4.45. The summed E-state index contributed by atoms with van der Waals surface area (Å²) in [6, 6.07) is 6.13. The molecular weight excluding hydrogens is 290 g/mol. The van der Waals surface area contributed by atoms with E-state index in [-0.39, 0.29) is 23.6 Å². The van der Waals surface area contributed by atoms with E-state index in [1.807, 2.05) is 6.07 Å². The maximum atomic E-state index is 12.4. The normalized spacial score (nSPS) is 26.8. The molecule has 1 aromatic rings. The maximum absolute atomic E-state index is 12.4. The molecule has 0 spiro atoms. The second kappa shape index (κ2) is 6.23. The number of benzene rings is 1. The van der Waals surface area contributed by atoms with Crippen LogP contribution in [0, 0.1) is 0 Å². The van der Waals surface area contributed by atoms with E-state index >= 15 is 0 Å². The van der Waals surface area contributed by atoms with Gasteiger partial charge in [-0.05, 0) is 57.0 Å². The van der Waals surface area contributed by atoms with Crippen molar-refractivity contribution in [3.63, 3.8) is 0 Å². The number of carbonyl (C=O) groups is 1. The van der Waals surface area contributed by atoms with Gasteiger partial charge in [-0.25, -0.2) is 0 Å². The van der Waals surface area contributed by atoms with Crippen molar-refractivity contribution in [2.24, 2.45) is 0 Å². The van der Waals surface area contributed by atoms with Crippen molar-refractivity contribution in [1.82, 2.24) is 10.2 Å². The topological polar surface area (TPSA) is 53.6 Å². The zero-order valence-corrected chi connectivity index (χ0v) is 14.5. The van der Waals surface area contributed by atoms with Crippen LogP contribution in [0.25, 0.3) is 0 Å². The minimum atomic E-state index is -0.168. The predicted octanol–water partition coefficient (Wildman–Crippen LogP) is 1.72. The van der Waals surface area contributed by atoms with Gasteiger partial charge in [-0.1, -0.05) is 6.07 Å². The molecule has 2 atom stereocenters. The summed E-state index contributed by atoms with van der Waals surface area (Å²) in [5.74, 6) is 0.0247. The van der Waals surface area contributed by atoms with Gasteiger partial charge in [0.15, 0.2) is 0 Å². The number of amides is 1. The molecule has 0 bridgehead atoms. The highest BCUT2D eigenvalue weighted by Gasteiger charge is 2.32. The van der Waals surface area contributed by atoms with Crippen molar-refractivity contribution in [3.8, 4) is 0 Å². The first-order valence-corrected chi connectivity index (χ1v) is 8.33. The molecule has 2 N–H and O–H groups in total. The van der Waals surface area contributed by atoms with Crippen LogP contribution < -0.4 is 10.6 Å². The average Bonchev–Trinajstić information content (AvgIpc) is 3.00. The van der Waals surface area contributed by atoms with E-state index < -0.39 is 0 Å². The van der Waals surface area contributed by atoms with Crippen LogP contribution >= 0.6 is 0 Å². The van der Waals surface area contributed by atoms with Gasteiger partial charge in [0.05, 0.1) is 12.1 Å². The molecule has 126 valence electrons. The summed E-state index contributed by atoms with van der Waals surface area (Å²) in [4.78, 5) is 14.8. The molecule has 5 nitrogen and oxygen atoms in total. The van der Waals surface area contributed by atoms with Crippen LogP contribution in [-0.4, -0.2) is 50.2 Å². The molecule has 1 aromatic carbocycles. The molecule has 2 aliphatic rings. The zero-order valence-electron chi connectivity index (χ0n) is 14.5. The number of anilines is 1. The molecule has 2 aliphatic heterocycles. The second-order valence-electron chi connectivity index (χ2n) is 7.15. The van der Waals surface area contributed by atoms with Crippen molar-refractivity contribution >= 4 is 11.6 Å². The fraction of sp³-hybridized carbons (Fsp3) is 0.611. The third kappa shape index (κ3) is 3.13. The number of hydrogen-bond acceptors (Lipinski definition) is 4. The van der Waals surface area contributed by atoms with Gasteiger partial charge in [-0.3, -0.25) is 9.69 Å². The number of rotatable bonds is 3. The Balaban J connectivity index is 1.72. The van der Waals surface area contributed by atoms with Gasteiger partial charge in [0.1, 0.15) is 0 Å². The first-order valence-electron chi connectivity index (χ1n) is 8.33. The number of carbonyl (C=O) groups excluding carboxylic acids is 1. The summed E-state index contributed by atoms with van der Waals surface area (Å²) in [6.45, 7) is 6.27. The molecular formula is C18H27N3O2. The third-order valence-electron chi connectivity index (χ3n) is 5.44. The zero-order chi connectivity index (χ0) is 16.6. The lowest BCUT2D eigenvalue weighted by Crippen LogP contribution is -2.44. The quantitative estimate of drug-likeness (QED) is 0.891. The first kappa shape index (κ1) is 16.4. The summed E-state index contributed by atoms with van der Waals surface area (Å²) >= 11 is 0. The van der Waals surface area contributed by atoms with Gasteiger partial charge < -0.3 is 15.4 Å². The molecule has 23 heavy (non-hydrogen) atoms. The standard InChI is InChI=1S/C18H27N3O2/c1-18(2)15-6-5-13(9-12(15)7-8-21(18)3)20-17(22)16-10-14(23-4)11-19-16/h5-6,9,14,16,19H,7-8,10-11H2,1-4H3,(H,20,22)/t14?,16-/m1/s1. The highest BCUT2D eigenvalue weighted by atomic mass is 16.5. The van der Waals surface area contributed by atoms with E-state index in [2.05, 4.69) is 48.6 Å². The van der Waals surface area contributed by atoms with Crippen molar-refractivity contribution in [3.05, 3.63) is 29.3 Å². The average molecular weight is 317 g/mol. The van der Waals surface area contributed by atoms with Gasteiger partial charge in [0.25, 0.3) is 0 Å². The fourth-order valence-corrected chi connectivity index (χ4v) is 3.56. The molecule has 1 unspecified atom stereocenters. The predicted molar refractivity (Wildman–Crippen MR) is 91.6 cm³/mol. The van der Waals surface area contributed by atoms with E-state index in [0.717, 1.165) is 31.6 Å². The number of hydrogen-bond donors (Lipinski definition) is 2. The Morgan fingerprint density at radius 3 is 2.91 bits per heavy atom. The minimum Gasteiger partial charge on any atom is -0.380 e. The highest BCUT2D eigenvalue weighted by Crippen LogP contribution is 2.35. The number of ether oxygens (including phenoxy) is 1. The Hall–Kier alpha value is -1.43. The van der Waals surface area contributed by atoms with Gasteiger partial charge in [-0.2, -0.15) is 0 Å². The van der Waals surface area contributed by atoms with Crippen LogP contribution in [0.15, 0.2) is 18.2 Å². The van der Waals surface area contributed by atoms with Gasteiger partial charge in [0.2, 0.25) is 5.91 Å². The summed E-state index contributed by atoms with van der Waals surface area (Å²) in [7, 11) is 3.85. The smallest absolute Gasteiger partial charge is 0.241 e. The summed E-state index contributed by atoms with van der Waals surface area (Å²) in [5, 5.41) is 6.26. The summed E-state index contributed by atoms with van der Waals surface area (Å²) < 4.78 is 5.30. The van der Waals surface area contributed by atoms with Crippen LogP contribution in [-0.2, 0) is 21.5 Å². The van der Waals surface area contributed by atoms with Crippen molar-refractivity contribution in [2.75, 3.05) is 32.6 Å². The van der Waals surface area contributed by atoms with E-state index in [1.165, 1.54) is 11.1 Å². The van der Waals surface area contributed by atoms with Crippen molar-refractivity contribution < 1.29 is 9.53 Å². The van der Waals surface area contributed by atoms with Crippen molar-refractivity contribution in [1.29, 1.82) is 0 Å². The lowest BCUT2D eigenvalue weighted by molar-refractivity contribution is -0.118. The number of nitrogens with zero attached hydrogens (tertiary/aromatic N) is 1. The van der Waals surface area contributed by atoms with Gasteiger partial charge >= 0.3 is 0 Å². The number of nitrogens with one attached hydrogen (secondary N) is 2. The van der Waals surface area contributed by atoms with Gasteiger partial charge in [-0.15, -0.1) is 0 Å². The Labute approximate surface area is 138 Å². The molecule has 2 heterocycles. The number of fused-ring (bicyclic) bond motifs is 1. The Morgan fingerprint density at radius 1 is 1.43 bits per heavy atom. The van der Waals surface area contributed by atoms with E-state index in [9.17, 15) is 4.79 Å². The number of likely N-dealkylation sites (N-methyl/N-ethyl adjacent to an activating group) is 1. The van der Waals surface area contributed by atoms with Crippen LogP contribution in [0.4, 0.5) is 5.69 Å². The van der Waals surface area contributed by atoms with Crippen LogP contribution in [0.1, 0.15) is 31.4 Å². The van der Waals surface area contributed by atoms with Crippen LogP contribution in [0.2, 0.25) is 0 Å². The van der Waals surface area contributed by atoms with Crippen LogP contribution in [0.3, 0.4) is 0 Å². The monoisotopic (exact) mass is 317 g/mol. The largest absolute Gasteiger partial charge is 0.380 e.